The van der Waals surface area contributed by atoms with Crippen LogP contribution in [0.4, 0.5) is 5.69 Å². The van der Waals surface area contributed by atoms with Gasteiger partial charge in [0.05, 0.1) is 7.11 Å². The fourth-order valence-corrected chi connectivity index (χ4v) is 3.75. The number of aryl methyl sites for hydroxylation is 1. The van der Waals surface area contributed by atoms with Crippen LogP contribution in [0.15, 0.2) is 51.7 Å². The fraction of sp³-hybridized carbons (Fsp3) is 0.273. The van der Waals surface area contributed by atoms with Gasteiger partial charge in [-0.2, -0.15) is 0 Å². The minimum Gasteiger partial charge on any atom is -0.497 e. The molecule has 1 aliphatic heterocycles. The smallest absolute Gasteiger partial charge is 0.339 e. The second kappa shape index (κ2) is 6.91. The van der Waals surface area contributed by atoms with Crippen molar-refractivity contribution in [1.82, 2.24) is 0 Å². The van der Waals surface area contributed by atoms with Crippen LogP contribution in [-0.2, 0) is 17.6 Å². The van der Waals surface area contributed by atoms with Crippen LogP contribution in [0.1, 0.15) is 23.1 Å². The van der Waals surface area contributed by atoms with Crippen LogP contribution in [0.25, 0.3) is 11.0 Å². The monoisotopic (exact) mass is 363 g/mol. The predicted molar refractivity (Wildman–Crippen MR) is 105 cm³/mol. The highest BCUT2D eigenvalue weighted by atomic mass is 16.5. The third kappa shape index (κ3) is 3.10. The number of para-hydroxylation sites is 1. The molecule has 1 aromatic heterocycles. The van der Waals surface area contributed by atoms with Gasteiger partial charge < -0.3 is 14.1 Å². The van der Waals surface area contributed by atoms with Crippen molar-refractivity contribution in [3.63, 3.8) is 0 Å². The number of carbonyl (C=O) groups is 1. The maximum atomic E-state index is 12.7. The van der Waals surface area contributed by atoms with Crippen LogP contribution in [0.3, 0.4) is 0 Å². The van der Waals surface area contributed by atoms with E-state index in [-0.39, 0.29) is 18.0 Å². The highest BCUT2D eigenvalue weighted by Crippen LogP contribution is 2.29. The molecule has 0 N–H and O–H groups in total. The first-order valence-corrected chi connectivity index (χ1v) is 9.07. The summed E-state index contributed by atoms with van der Waals surface area (Å²) in [4.78, 5) is 27.0. The number of anilines is 1. The van der Waals surface area contributed by atoms with Crippen molar-refractivity contribution in [3.05, 3.63) is 69.6 Å². The van der Waals surface area contributed by atoms with E-state index >= 15 is 0 Å². The van der Waals surface area contributed by atoms with Crippen LogP contribution < -0.4 is 15.3 Å². The molecule has 0 saturated carbocycles. The molecular weight excluding hydrogens is 342 g/mol. The van der Waals surface area contributed by atoms with Gasteiger partial charge in [0, 0.05) is 35.7 Å². The molecule has 0 saturated heterocycles. The first kappa shape index (κ1) is 17.3. The highest BCUT2D eigenvalue weighted by Gasteiger charge is 2.24. The molecule has 0 fully saturated rings. The summed E-state index contributed by atoms with van der Waals surface area (Å²) >= 11 is 0. The lowest BCUT2D eigenvalue weighted by molar-refractivity contribution is -0.118. The molecule has 2 aromatic carbocycles. The summed E-state index contributed by atoms with van der Waals surface area (Å²) in [6.45, 7) is 2.60. The van der Waals surface area contributed by atoms with E-state index < -0.39 is 0 Å². The van der Waals surface area contributed by atoms with Gasteiger partial charge in [-0.1, -0.05) is 18.2 Å². The van der Waals surface area contributed by atoms with E-state index in [9.17, 15) is 9.59 Å². The van der Waals surface area contributed by atoms with Gasteiger partial charge in [-0.05, 0) is 49.1 Å². The first-order valence-electron chi connectivity index (χ1n) is 9.07. The maximum Gasteiger partial charge on any atom is 0.339 e. The zero-order valence-electron chi connectivity index (χ0n) is 15.5. The molecule has 2 heterocycles. The Balaban J connectivity index is 1.57. The second-order valence-electron chi connectivity index (χ2n) is 6.78. The molecule has 138 valence electrons. The number of carbonyl (C=O) groups excluding carboxylic acids is 1. The minimum atomic E-state index is -0.386. The standard InChI is InChI=1S/C22H21NO4/c1-14-17-8-7-16(26-2)13-20(17)27-22(25)18(14)9-10-21(24)23-12-11-15-5-3-4-6-19(15)23/h3-8,13H,9-12H2,1-2H3. The van der Waals surface area contributed by atoms with E-state index in [0.717, 1.165) is 23.1 Å². The first-order chi connectivity index (χ1) is 13.1. The molecule has 1 aliphatic rings. The largest absolute Gasteiger partial charge is 0.497 e. The topological polar surface area (TPSA) is 59.8 Å². The average Bonchev–Trinajstić information content (AvgIpc) is 3.11. The predicted octanol–water partition coefficient (Wildman–Crippen LogP) is 3.63. The lowest BCUT2D eigenvalue weighted by Gasteiger charge is -2.17. The molecule has 1 amide bonds. The third-order valence-electron chi connectivity index (χ3n) is 5.27. The van der Waals surface area contributed by atoms with Gasteiger partial charge in [0.1, 0.15) is 11.3 Å². The molecule has 27 heavy (non-hydrogen) atoms. The molecular formula is C22H21NO4. The Hall–Kier alpha value is -3.08. The second-order valence-corrected chi connectivity index (χ2v) is 6.78. The number of fused-ring (bicyclic) bond motifs is 2. The summed E-state index contributed by atoms with van der Waals surface area (Å²) in [5.41, 5.74) is 3.72. The molecule has 0 unspecified atom stereocenters. The number of hydrogen-bond acceptors (Lipinski definition) is 4. The molecule has 0 atom stereocenters. The summed E-state index contributed by atoms with van der Waals surface area (Å²) in [6, 6.07) is 13.4. The zero-order chi connectivity index (χ0) is 19.0. The van der Waals surface area contributed by atoms with Crippen molar-refractivity contribution in [3.8, 4) is 5.75 Å². The lowest BCUT2D eigenvalue weighted by Crippen LogP contribution is -2.29. The van der Waals surface area contributed by atoms with E-state index in [1.165, 1.54) is 5.56 Å². The van der Waals surface area contributed by atoms with Crippen molar-refractivity contribution < 1.29 is 13.9 Å². The SMILES string of the molecule is COc1ccc2c(C)c(CCC(=O)N3CCc4ccccc43)c(=O)oc2c1. The van der Waals surface area contributed by atoms with Crippen molar-refractivity contribution in [2.24, 2.45) is 0 Å². The number of rotatable bonds is 4. The van der Waals surface area contributed by atoms with Crippen LogP contribution in [0.5, 0.6) is 5.75 Å². The van der Waals surface area contributed by atoms with E-state index in [1.807, 2.05) is 42.2 Å². The minimum absolute atomic E-state index is 0.0357. The number of benzene rings is 2. The third-order valence-corrected chi connectivity index (χ3v) is 5.27. The van der Waals surface area contributed by atoms with Gasteiger partial charge in [-0.3, -0.25) is 4.79 Å². The van der Waals surface area contributed by atoms with E-state index in [4.69, 9.17) is 9.15 Å². The Labute approximate surface area is 157 Å². The van der Waals surface area contributed by atoms with Crippen molar-refractivity contribution in [1.29, 1.82) is 0 Å². The molecule has 5 heteroatoms. The van der Waals surface area contributed by atoms with E-state index in [0.29, 0.717) is 29.9 Å². The van der Waals surface area contributed by atoms with Crippen LogP contribution in [0, 0.1) is 6.92 Å². The molecule has 0 bridgehead atoms. The summed E-state index contributed by atoms with van der Waals surface area (Å²) in [5, 5.41) is 0.865. The number of amides is 1. The van der Waals surface area contributed by atoms with E-state index in [2.05, 4.69) is 6.07 Å². The summed E-state index contributed by atoms with van der Waals surface area (Å²) in [5.74, 6) is 0.675. The summed E-state index contributed by atoms with van der Waals surface area (Å²) < 4.78 is 10.7. The van der Waals surface area contributed by atoms with Gasteiger partial charge in [-0.15, -0.1) is 0 Å². The van der Waals surface area contributed by atoms with Gasteiger partial charge >= 0.3 is 5.63 Å². The Morgan fingerprint density at radius 3 is 2.85 bits per heavy atom. The number of nitrogens with zero attached hydrogens (tertiary/aromatic N) is 1. The highest BCUT2D eigenvalue weighted by molar-refractivity contribution is 5.95. The Bertz CT molecular complexity index is 1080. The fourth-order valence-electron chi connectivity index (χ4n) is 3.75. The van der Waals surface area contributed by atoms with Crippen LogP contribution >= 0.6 is 0 Å². The van der Waals surface area contributed by atoms with Crippen molar-refractivity contribution in [2.75, 3.05) is 18.6 Å². The van der Waals surface area contributed by atoms with Crippen molar-refractivity contribution in [2.45, 2.75) is 26.2 Å². The van der Waals surface area contributed by atoms with Crippen LogP contribution in [-0.4, -0.2) is 19.6 Å². The van der Waals surface area contributed by atoms with Gasteiger partial charge in [-0.25, -0.2) is 4.79 Å². The molecule has 0 spiro atoms. The summed E-state index contributed by atoms with van der Waals surface area (Å²) in [7, 11) is 1.57. The van der Waals surface area contributed by atoms with E-state index in [1.54, 1.807) is 13.2 Å². The molecule has 5 nitrogen and oxygen atoms in total. The quantitative estimate of drug-likeness (QED) is 0.664. The zero-order valence-corrected chi connectivity index (χ0v) is 15.5. The summed E-state index contributed by atoms with van der Waals surface area (Å²) in [6.07, 6.45) is 1.52. The van der Waals surface area contributed by atoms with Gasteiger partial charge in [0.2, 0.25) is 5.91 Å². The average molecular weight is 363 g/mol. The Morgan fingerprint density at radius 1 is 1.22 bits per heavy atom. The Kier molecular flexibility index (Phi) is 4.44. The molecule has 3 aromatic rings. The molecule has 0 aliphatic carbocycles. The number of methoxy groups -OCH3 is 1. The van der Waals surface area contributed by atoms with Gasteiger partial charge in [0.25, 0.3) is 0 Å². The van der Waals surface area contributed by atoms with Crippen molar-refractivity contribution >= 4 is 22.6 Å². The van der Waals surface area contributed by atoms with Gasteiger partial charge in [0.15, 0.2) is 0 Å². The molecule has 4 rings (SSSR count). The molecule has 0 radical (unpaired) electrons. The lowest BCUT2D eigenvalue weighted by atomic mass is 10.0. The normalized spacial score (nSPS) is 13.0. The van der Waals surface area contributed by atoms with Crippen LogP contribution in [0.2, 0.25) is 0 Å². The number of ether oxygens (including phenoxy) is 1. The number of hydrogen-bond donors (Lipinski definition) is 0. The Morgan fingerprint density at radius 2 is 2.04 bits per heavy atom. The maximum absolute atomic E-state index is 12.7.